The highest BCUT2D eigenvalue weighted by Crippen LogP contribution is 2.40. The first-order valence-electron chi connectivity index (χ1n) is 13.4. The van der Waals surface area contributed by atoms with E-state index in [-0.39, 0.29) is 45.2 Å². The Labute approximate surface area is 249 Å². The zero-order valence-corrected chi connectivity index (χ0v) is 24.3. The number of aromatic nitrogens is 3. The molecule has 234 valence electrons. The van der Waals surface area contributed by atoms with E-state index < -0.39 is 40.6 Å². The van der Waals surface area contributed by atoms with E-state index in [2.05, 4.69) is 25.6 Å². The van der Waals surface area contributed by atoms with Crippen LogP contribution in [0.3, 0.4) is 0 Å². The molecule has 0 spiro atoms. The Bertz CT molecular complexity index is 1770. The molecule has 4 aromatic rings. The second-order valence-corrected chi connectivity index (χ2v) is 12.0. The molecule has 2 aromatic carbocycles. The molecule has 0 bridgehead atoms. The van der Waals surface area contributed by atoms with E-state index in [4.69, 9.17) is 4.74 Å². The summed E-state index contributed by atoms with van der Waals surface area (Å²) < 4.78 is 101. The summed E-state index contributed by atoms with van der Waals surface area (Å²) in [5, 5.41) is 6.46. The predicted octanol–water partition coefficient (Wildman–Crippen LogP) is 5.19. The van der Waals surface area contributed by atoms with E-state index in [1.807, 2.05) is 4.72 Å². The maximum absolute atomic E-state index is 15.0. The molecule has 0 amide bonds. The zero-order valence-electron chi connectivity index (χ0n) is 23.5. The number of ether oxygens (including phenoxy) is 1. The minimum Gasteiger partial charge on any atom is -0.437 e. The van der Waals surface area contributed by atoms with Gasteiger partial charge >= 0.3 is 16.4 Å². The van der Waals surface area contributed by atoms with Crippen LogP contribution < -0.4 is 20.1 Å². The van der Waals surface area contributed by atoms with Crippen molar-refractivity contribution in [2.24, 2.45) is 0 Å². The van der Waals surface area contributed by atoms with Crippen LogP contribution in [-0.4, -0.2) is 72.7 Å². The number of alkyl halides is 4. The Morgan fingerprint density at radius 1 is 1.07 bits per heavy atom. The van der Waals surface area contributed by atoms with E-state index in [1.165, 1.54) is 24.5 Å². The molecule has 1 aliphatic heterocycles. The highest BCUT2D eigenvalue weighted by Gasteiger charge is 2.34. The molecule has 0 saturated carbocycles. The van der Waals surface area contributed by atoms with Gasteiger partial charge in [0.2, 0.25) is 11.8 Å². The molecular weight excluding hydrogens is 609 g/mol. The van der Waals surface area contributed by atoms with E-state index in [0.717, 1.165) is 13.1 Å². The molecule has 0 unspecified atom stereocenters. The molecular formula is C28H28F5N7O3S. The summed E-state index contributed by atoms with van der Waals surface area (Å²) >= 11 is 0. The van der Waals surface area contributed by atoms with E-state index in [1.54, 1.807) is 31.2 Å². The van der Waals surface area contributed by atoms with Crippen LogP contribution >= 0.6 is 0 Å². The number of anilines is 2. The number of piperidine rings is 1. The lowest BCUT2D eigenvalue weighted by Gasteiger charge is -2.26. The lowest BCUT2D eigenvalue weighted by atomic mass is 10.0. The first-order chi connectivity index (χ1) is 20.8. The van der Waals surface area contributed by atoms with Crippen LogP contribution in [0.25, 0.3) is 22.0 Å². The second kappa shape index (κ2) is 12.5. The number of pyridine rings is 1. The van der Waals surface area contributed by atoms with Crippen LogP contribution in [-0.2, 0) is 10.2 Å². The fourth-order valence-corrected chi connectivity index (χ4v) is 5.71. The maximum atomic E-state index is 15.0. The maximum Gasteiger partial charge on any atom is 0.402 e. The third kappa shape index (κ3) is 7.14. The summed E-state index contributed by atoms with van der Waals surface area (Å²) in [6.45, 7) is 0.786. The van der Waals surface area contributed by atoms with Crippen molar-refractivity contribution >= 4 is 32.6 Å². The van der Waals surface area contributed by atoms with Crippen molar-refractivity contribution in [2.75, 3.05) is 36.7 Å². The van der Waals surface area contributed by atoms with E-state index in [0.29, 0.717) is 29.8 Å². The van der Waals surface area contributed by atoms with Gasteiger partial charge in [0.15, 0.2) is 0 Å². The number of benzene rings is 2. The van der Waals surface area contributed by atoms with Gasteiger partial charge in [-0.1, -0.05) is 12.1 Å². The molecule has 16 heteroatoms. The molecule has 0 aliphatic carbocycles. The van der Waals surface area contributed by atoms with Crippen LogP contribution in [0.1, 0.15) is 12.0 Å². The van der Waals surface area contributed by atoms with Gasteiger partial charge in [0.25, 0.3) is 0 Å². The summed E-state index contributed by atoms with van der Waals surface area (Å²) in [6, 6.07) is 10.2. The molecule has 2 atom stereocenters. The van der Waals surface area contributed by atoms with Gasteiger partial charge in [0.1, 0.15) is 24.3 Å². The smallest absolute Gasteiger partial charge is 0.402 e. The van der Waals surface area contributed by atoms with Gasteiger partial charge in [-0.2, -0.15) is 25.9 Å². The third-order valence-corrected chi connectivity index (χ3v) is 8.28. The monoisotopic (exact) mass is 637 g/mol. The van der Waals surface area contributed by atoms with E-state index in [9.17, 15) is 30.4 Å². The Kier molecular flexibility index (Phi) is 8.85. The number of rotatable bonds is 9. The van der Waals surface area contributed by atoms with Crippen LogP contribution in [0.15, 0.2) is 54.9 Å². The zero-order chi connectivity index (χ0) is 31.6. The number of nitrogens with one attached hydrogen (secondary N) is 3. The van der Waals surface area contributed by atoms with Crippen molar-refractivity contribution < 1.29 is 35.1 Å². The first kappa shape index (κ1) is 31.3. The Morgan fingerprint density at radius 2 is 1.84 bits per heavy atom. The van der Waals surface area contributed by atoms with Crippen molar-refractivity contribution in [3.63, 3.8) is 0 Å². The number of fused-ring (bicyclic) bond motifs is 1. The number of nitrogens with zero attached hydrogens (tertiary/aromatic N) is 4. The topological polar surface area (TPSA) is 121 Å². The van der Waals surface area contributed by atoms with Gasteiger partial charge in [-0.05, 0) is 42.8 Å². The van der Waals surface area contributed by atoms with Crippen LogP contribution in [0.5, 0.6) is 11.6 Å². The number of aryl methyl sites for hydroxylation is 1. The molecule has 1 aliphatic rings. The third-order valence-electron chi connectivity index (χ3n) is 6.87. The molecule has 1 fully saturated rings. The minimum absolute atomic E-state index is 0.0442. The molecule has 3 N–H and O–H groups in total. The van der Waals surface area contributed by atoms with Crippen molar-refractivity contribution in [1.82, 2.24) is 24.6 Å². The van der Waals surface area contributed by atoms with Gasteiger partial charge < -0.3 is 15.4 Å². The van der Waals surface area contributed by atoms with Crippen molar-refractivity contribution in [3.8, 4) is 22.9 Å². The molecule has 44 heavy (non-hydrogen) atoms. The molecule has 3 heterocycles. The van der Waals surface area contributed by atoms with Gasteiger partial charge in [0, 0.05) is 55.8 Å². The second-order valence-electron chi connectivity index (χ2n) is 10.3. The number of hydrogen-bond donors (Lipinski definition) is 3. The summed E-state index contributed by atoms with van der Waals surface area (Å²) in [5.74, 6) is -0.390. The van der Waals surface area contributed by atoms with Crippen LogP contribution in [0.4, 0.5) is 33.6 Å². The van der Waals surface area contributed by atoms with Gasteiger partial charge in [-0.3, -0.25) is 4.72 Å². The Morgan fingerprint density at radius 3 is 2.59 bits per heavy atom. The quantitative estimate of drug-likeness (QED) is 0.215. The standard InChI is InChI=1S/C28H28F5N7O3S/c1-16-5-6-19-20(7-8-22(30)24(19)39-44(41,42)40(2)15-28(31,32)33)25(16)43-26-21(4-3-10-35-26)23-9-11-36-27(38-23)37-18-12-17(29)13-34-14-18/h3-11,17-18,34,39H,12-15H2,1-2H3,(H,36,37,38)/t17-,18-/m0/s1. The minimum atomic E-state index is -4.80. The van der Waals surface area contributed by atoms with Crippen molar-refractivity contribution in [2.45, 2.75) is 31.7 Å². The highest BCUT2D eigenvalue weighted by atomic mass is 32.2. The van der Waals surface area contributed by atoms with Gasteiger partial charge in [-0.15, -0.1) is 0 Å². The largest absolute Gasteiger partial charge is 0.437 e. The molecule has 5 rings (SSSR count). The number of hydrogen-bond acceptors (Lipinski definition) is 8. The Balaban J connectivity index is 1.48. The van der Waals surface area contributed by atoms with Crippen molar-refractivity contribution in [1.29, 1.82) is 0 Å². The van der Waals surface area contributed by atoms with Crippen molar-refractivity contribution in [3.05, 3.63) is 66.2 Å². The molecule has 1 saturated heterocycles. The molecule has 10 nitrogen and oxygen atoms in total. The van der Waals surface area contributed by atoms with Gasteiger partial charge in [-0.25, -0.2) is 23.7 Å². The summed E-state index contributed by atoms with van der Waals surface area (Å²) in [5.41, 5.74) is 0.953. The van der Waals surface area contributed by atoms with Gasteiger partial charge in [0.05, 0.1) is 16.9 Å². The highest BCUT2D eigenvalue weighted by molar-refractivity contribution is 7.90. The lowest BCUT2D eigenvalue weighted by Crippen LogP contribution is -2.44. The lowest BCUT2D eigenvalue weighted by molar-refractivity contribution is -0.134. The normalized spacial score (nSPS) is 17.5. The van der Waals surface area contributed by atoms with Crippen LogP contribution in [0, 0.1) is 12.7 Å². The average molecular weight is 638 g/mol. The number of halogens is 5. The Hall–Kier alpha value is -4.15. The summed E-state index contributed by atoms with van der Waals surface area (Å²) in [6.07, 6.45) is -2.46. The van der Waals surface area contributed by atoms with E-state index >= 15 is 0 Å². The molecule has 2 aromatic heterocycles. The SMILES string of the molecule is Cc1ccc2c(NS(=O)(=O)N(C)CC(F)(F)F)c(F)ccc2c1Oc1ncccc1-c1ccnc(N[C@@H]2CNC[C@@H](F)C2)n1. The summed E-state index contributed by atoms with van der Waals surface area (Å²) in [4.78, 5) is 13.1. The van der Waals surface area contributed by atoms with Crippen LogP contribution in [0.2, 0.25) is 0 Å². The fraction of sp³-hybridized carbons (Fsp3) is 0.321. The fourth-order valence-electron chi connectivity index (χ4n) is 4.77. The predicted molar refractivity (Wildman–Crippen MR) is 155 cm³/mol. The molecule has 0 radical (unpaired) electrons. The average Bonchev–Trinajstić information content (AvgIpc) is 2.95. The first-order valence-corrected chi connectivity index (χ1v) is 14.8. The summed E-state index contributed by atoms with van der Waals surface area (Å²) in [7, 11) is -4.04.